The molecule has 2 N–H and O–H groups in total. The van der Waals surface area contributed by atoms with Gasteiger partial charge in [-0.25, -0.2) is 0 Å². The summed E-state index contributed by atoms with van der Waals surface area (Å²) >= 11 is 0. The number of hydrogen-bond acceptors (Lipinski definition) is 5. The lowest BCUT2D eigenvalue weighted by molar-refractivity contribution is -0.142. The van der Waals surface area contributed by atoms with Crippen molar-refractivity contribution < 1.29 is 23.9 Å². The van der Waals surface area contributed by atoms with Crippen molar-refractivity contribution in [3.8, 4) is 5.75 Å². The maximum Gasteiger partial charge on any atom is 0.307 e. The van der Waals surface area contributed by atoms with Crippen molar-refractivity contribution in [3.63, 3.8) is 0 Å². The molecule has 0 unspecified atom stereocenters. The summed E-state index contributed by atoms with van der Waals surface area (Å²) in [6.07, 6.45) is 0.122. The van der Waals surface area contributed by atoms with Crippen LogP contribution in [-0.4, -0.2) is 37.5 Å². The third kappa shape index (κ3) is 3.95. The van der Waals surface area contributed by atoms with E-state index < -0.39 is 0 Å². The number of amides is 2. The van der Waals surface area contributed by atoms with E-state index in [-0.39, 0.29) is 37.4 Å². The Balaban J connectivity index is 1.91. The van der Waals surface area contributed by atoms with Crippen molar-refractivity contribution in [2.45, 2.75) is 13.3 Å². The zero-order valence-corrected chi connectivity index (χ0v) is 11.6. The van der Waals surface area contributed by atoms with Crippen LogP contribution in [0.4, 0.5) is 5.69 Å². The number of carbonyl (C=O) groups is 3. The molecule has 7 nitrogen and oxygen atoms in total. The second kappa shape index (κ2) is 6.74. The van der Waals surface area contributed by atoms with Crippen LogP contribution in [0, 0.1) is 0 Å². The molecule has 0 fully saturated rings. The molecule has 2 amide bonds. The first-order valence-corrected chi connectivity index (χ1v) is 6.60. The molecule has 1 aliphatic rings. The summed E-state index contributed by atoms with van der Waals surface area (Å²) in [4.78, 5) is 34.2. The minimum Gasteiger partial charge on any atom is -0.482 e. The SMILES string of the molecule is CCOC(=O)CCNC(=O)c1ccc2c(c1)OCC(=O)N2. The zero-order valence-electron chi connectivity index (χ0n) is 11.6. The summed E-state index contributed by atoms with van der Waals surface area (Å²) in [5.74, 6) is -0.446. The van der Waals surface area contributed by atoms with Gasteiger partial charge in [0.25, 0.3) is 11.8 Å². The topological polar surface area (TPSA) is 93.7 Å². The Morgan fingerprint density at radius 2 is 2.24 bits per heavy atom. The van der Waals surface area contributed by atoms with Crippen LogP contribution in [-0.2, 0) is 14.3 Å². The van der Waals surface area contributed by atoms with Gasteiger partial charge < -0.3 is 20.1 Å². The van der Waals surface area contributed by atoms with E-state index in [1.165, 1.54) is 0 Å². The number of carbonyl (C=O) groups excluding carboxylic acids is 3. The molecule has 1 aromatic rings. The Kier molecular flexibility index (Phi) is 4.76. The lowest BCUT2D eigenvalue weighted by Gasteiger charge is -2.18. The molecule has 0 radical (unpaired) electrons. The van der Waals surface area contributed by atoms with Gasteiger partial charge in [-0.3, -0.25) is 14.4 Å². The van der Waals surface area contributed by atoms with Crippen LogP contribution in [0.2, 0.25) is 0 Å². The first-order chi connectivity index (χ1) is 10.1. The zero-order chi connectivity index (χ0) is 15.2. The lowest BCUT2D eigenvalue weighted by atomic mass is 10.1. The molecule has 0 saturated heterocycles. The maximum absolute atomic E-state index is 11.9. The number of fused-ring (bicyclic) bond motifs is 1. The second-order valence-electron chi connectivity index (χ2n) is 4.36. The Hall–Kier alpha value is -2.57. The van der Waals surface area contributed by atoms with E-state index in [0.29, 0.717) is 23.6 Å². The van der Waals surface area contributed by atoms with E-state index in [4.69, 9.17) is 9.47 Å². The van der Waals surface area contributed by atoms with Gasteiger partial charge in [0.05, 0.1) is 18.7 Å². The summed E-state index contributed by atoms with van der Waals surface area (Å²) < 4.78 is 10.00. The van der Waals surface area contributed by atoms with Gasteiger partial charge in [0, 0.05) is 12.1 Å². The normalized spacial score (nSPS) is 12.7. The van der Waals surface area contributed by atoms with E-state index in [9.17, 15) is 14.4 Å². The molecule has 0 spiro atoms. The van der Waals surface area contributed by atoms with Crippen molar-refractivity contribution in [2.75, 3.05) is 25.1 Å². The summed E-state index contributed by atoms with van der Waals surface area (Å²) in [6.45, 7) is 2.18. The molecule has 0 aliphatic carbocycles. The van der Waals surface area contributed by atoms with Gasteiger partial charge in [-0.2, -0.15) is 0 Å². The first-order valence-electron chi connectivity index (χ1n) is 6.60. The minimum atomic E-state index is -0.353. The highest BCUT2D eigenvalue weighted by molar-refractivity contribution is 5.99. The molecular weight excluding hydrogens is 276 g/mol. The largest absolute Gasteiger partial charge is 0.482 e. The van der Waals surface area contributed by atoms with Crippen LogP contribution in [0.25, 0.3) is 0 Å². The lowest BCUT2D eigenvalue weighted by Crippen LogP contribution is -2.28. The third-order valence-corrected chi connectivity index (χ3v) is 2.80. The first kappa shape index (κ1) is 14.8. The molecule has 7 heteroatoms. The number of anilines is 1. The smallest absolute Gasteiger partial charge is 0.307 e. The van der Waals surface area contributed by atoms with Crippen LogP contribution < -0.4 is 15.4 Å². The van der Waals surface area contributed by atoms with Gasteiger partial charge in [-0.05, 0) is 25.1 Å². The van der Waals surface area contributed by atoms with Gasteiger partial charge in [0.2, 0.25) is 0 Å². The standard InChI is InChI=1S/C14H16N2O5/c1-2-20-13(18)5-6-15-14(19)9-3-4-10-11(7-9)21-8-12(17)16-10/h3-4,7H,2,5-6,8H2,1H3,(H,15,19)(H,16,17). The number of esters is 1. The predicted molar refractivity (Wildman–Crippen MR) is 74.1 cm³/mol. The van der Waals surface area contributed by atoms with Gasteiger partial charge in [-0.1, -0.05) is 0 Å². The highest BCUT2D eigenvalue weighted by Gasteiger charge is 2.17. The van der Waals surface area contributed by atoms with Crippen LogP contribution in [0.15, 0.2) is 18.2 Å². The highest BCUT2D eigenvalue weighted by atomic mass is 16.5. The van der Waals surface area contributed by atoms with Crippen molar-refractivity contribution in [2.24, 2.45) is 0 Å². The number of hydrogen-bond donors (Lipinski definition) is 2. The average Bonchev–Trinajstić information content (AvgIpc) is 2.46. The molecule has 0 atom stereocenters. The van der Waals surface area contributed by atoms with Crippen molar-refractivity contribution in [3.05, 3.63) is 23.8 Å². The second-order valence-corrected chi connectivity index (χ2v) is 4.36. The number of nitrogens with one attached hydrogen (secondary N) is 2. The molecule has 1 aromatic carbocycles. The fraction of sp³-hybridized carbons (Fsp3) is 0.357. The van der Waals surface area contributed by atoms with Crippen LogP contribution in [0.1, 0.15) is 23.7 Å². The van der Waals surface area contributed by atoms with E-state index in [0.717, 1.165) is 0 Å². The predicted octanol–water partition coefficient (Wildman–Crippen LogP) is 0.700. The highest BCUT2D eigenvalue weighted by Crippen LogP contribution is 2.28. The monoisotopic (exact) mass is 292 g/mol. The minimum absolute atomic E-state index is 0.0685. The molecule has 1 heterocycles. The van der Waals surface area contributed by atoms with Gasteiger partial charge in [0.1, 0.15) is 5.75 Å². The van der Waals surface area contributed by atoms with Crippen LogP contribution >= 0.6 is 0 Å². The van der Waals surface area contributed by atoms with Crippen molar-refractivity contribution in [1.29, 1.82) is 0 Å². The van der Waals surface area contributed by atoms with Crippen LogP contribution in [0.3, 0.4) is 0 Å². The summed E-state index contributed by atoms with van der Waals surface area (Å²) in [6, 6.07) is 4.73. The molecule has 0 aromatic heterocycles. The van der Waals surface area contributed by atoms with Gasteiger partial charge in [-0.15, -0.1) is 0 Å². The van der Waals surface area contributed by atoms with Gasteiger partial charge >= 0.3 is 5.97 Å². The Labute approximate surface area is 121 Å². The van der Waals surface area contributed by atoms with E-state index >= 15 is 0 Å². The molecule has 0 saturated carbocycles. The average molecular weight is 292 g/mol. The van der Waals surface area contributed by atoms with Crippen molar-refractivity contribution in [1.82, 2.24) is 5.32 Å². The fourth-order valence-corrected chi connectivity index (χ4v) is 1.83. The summed E-state index contributed by atoms with van der Waals surface area (Å²) in [7, 11) is 0. The number of rotatable bonds is 5. The molecular formula is C14H16N2O5. The third-order valence-electron chi connectivity index (χ3n) is 2.80. The Bertz CT molecular complexity index is 570. The summed E-state index contributed by atoms with van der Waals surface area (Å²) in [5.41, 5.74) is 0.933. The fourth-order valence-electron chi connectivity index (χ4n) is 1.83. The molecule has 21 heavy (non-hydrogen) atoms. The molecule has 2 rings (SSSR count). The Morgan fingerprint density at radius 3 is 3.00 bits per heavy atom. The quantitative estimate of drug-likeness (QED) is 0.779. The number of benzene rings is 1. The van der Waals surface area contributed by atoms with E-state index in [1.54, 1.807) is 25.1 Å². The number of ether oxygens (including phenoxy) is 2. The van der Waals surface area contributed by atoms with Gasteiger partial charge in [0.15, 0.2) is 6.61 Å². The van der Waals surface area contributed by atoms with E-state index in [2.05, 4.69) is 10.6 Å². The van der Waals surface area contributed by atoms with Crippen LogP contribution in [0.5, 0.6) is 5.75 Å². The van der Waals surface area contributed by atoms with Crippen molar-refractivity contribution >= 4 is 23.5 Å². The van der Waals surface area contributed by atoms with E-state index in [1.807, 2.05) is 0 Å². The summed E-state index contributed by atoms with van der Waals surface area (Å²) in [5, 5.41) is 5.26. The molecule has 0 bridgehead atoms. The maximum atomic E-state index is 11.9. The molecule has 1 aliphatic heterocycles. The molecule has 112 valence electrons. The Morgan fingerprint density at radius 1 is 1.43 bits per heavy atom.